The van der Waals surface area contributed by atoms with Crippen LogP contribution in [0.1, 0.15) is 31.0 Å². The third kappa shape index (κ3) is 3.92. The summed E-state index contributed by atoms with van der Waals surface area (Å²) in [5, 5.41) is 12.6. The van der Waals surface area contributed by atoms with Crippen LogP contribution in [0.5, 0.6) is 0 Å². The Morgan fingerprint density at radius 1 is 0.905 bits per heavy atom. The molecule has 0 saturated heterocycles. The summed E-state index contributed by atoms with van der Waals surface area (Å²) in [4.78, 5) is 11.2. The zero-order valence-corrected chi connectivity index (χ0v) is 12.4. The Labute approximate surface area is 125 Å². The molecule has 0 bridgehead atoms. The first-order valence-corrected chi connectivity index (χ1v) is 7.18. The van der Waals surface area contributed by atoms with Gasteiger partial charge in [-0.25, -0.2) is 0 Å². The lowest BCUT2D eigenvalue weighted by atomic mass is 9.95. The molecule has 2 unspecified atom stereocenters. The van der Waals surface area contributed by atoms with Crippen molar-refractivity contribution in [3.05, 3.63) is 71.8 Å². The fourth-order valence-electron chi connectivity index (χ4n) is 2.30. The molecule has 0 aliphatic carbocycles. The average molecular weight is 283 g/mol. The maximum atomic E-state index is 11.2. The zero-order chi connectivity index (χ0) is 15.2. The van der Waals surface area contributed by atoms with E-state index in [1.807, 2.05) is 43.3 Å². The molecule has 21 heavy (non-hydrogen) atoms. The van der Waals surface area contributed by atoms with E-state index in [1.54, 1.807) is 6.92 Å². The molecule has 2 aromatic carbocycles. The van der Waals surface area contributed by atoms with E-state index in [-0.39, 0.29) is 12.1 Å². The number of carboxylic acid groups (broad SMARTS) is 1. The van der Waals surface area contributed by atoms with Crippen LogP contribution in [0.4, 0.5) is 0 Å². The summed E-state index contributed by atoms with van der Waals surface area (Å²) < 4.78 is 0. The van der Waals surface area contributed by atoms with Gasteiger partial charge in [-0.15, -0.1) is 0 Å². The van der Waals surface area contributed by atoms with E-state index in [0.29, 0.717) is 0 Å². The molecule has 0 aromatic heterocycles. The van der Waals surface area contributed by atoms with Gasteiger partial charge in [0.1, 0.15) is 0 Å². The van der Waals surface area contributed by atoms with Crippen LogP contribution in [0, 0.1) is 5.92 Å². The van der Waals surface area contributed by atoms with Crippen LogP contribution in [-0.4, -0.2) is 17.1 Å². The number of benzene rings is 2. The van der Waals surface area contributed by atoms with Gasteiger partial charge in [0, 0.05) is 6.04 Å². The maximum Gasteiger partial charge on any atom is 0.307 e. The van der Waals surface area contributed by atoms with Gasteiger partial charge in [-0.3, -0.25) is 4.79 Å². The lowest BCUT2D eigenvalue weighted by molar-refractivity contribution is -0.142. The summed E-state index contributed by atoms with van der Waals surface area (Å²) in [6.07, 6.45) is 0. The summed E-state index contributed by atoms with van der Waals surface area (Å²) in [6, 6.07) is 20.0. The van der Waals surface area contributed by atoms with E-state index >= 15 is 0 Å². The maximum absolute atomic E-state index is 11.2. The van der Waals surface area contributed by atoms with E-state index in [1.165, 1.54) is 0 Å². The molecule has 2 atom stereocenters. The van der Waals surface area contributed by atoms with Crippen molar-refractivity contribution in [1.29, 1.82) is 0 Å². The number of aliphatic carboxylic acids is 1. The molecule has 0 radical (unpaired) electrons. The summed E-state index contributed by atoms with van der Waals surface area (Å²) in [7, 11) is 0. The molecule has 3 heteroatoms. The van der Waals surface area contributed by atoms with Crippen molar-refractivity contribution in [3.63, 3.8) is 0 Å². The first-order valence-electron chi connectivity index (χ1n) is 7.18. The molecule has 0 spiro atoms. The highest BCUT2D eigenvalue weighted by Gasteiger charge is 2.23. The summed E-state index contributed by atoms with van der Waals surface area (Å²) >= 11 is 0. The fourth-order valence-corrected chi connectivity index (χ4v) is 2.30. The highest BCUT2D eigenvalue weighted by atomic mass is 16.4. The Bertz CT molecular complexity index is 529. The number of rotatable bonds is 6. The molecular weight excluding hydrogens is 262 g/mol. The van der Waals surface area contributed by atoms with Crippen molar-refractivity contribution in [2.45, 2.75) is 25.9 Å². The highest BCUT2D eigenvalue weighted by Crippen LogP contribution is 2.23. The Hall–Kier alpha value is -2.13. The quantitative estimate of drug-likeness (QED) is 0.853. The number of nitrogens with one attached hydrogen (secondary N) is 1. The monoisotopic (exact) mass is 283 g/mol. The van der Waals surface area contributed by atoms with Gasteiger partial charge in [-0.1, -0.05) is 67.6 Å². The van der Waals surface area contributed by atoms with Crippen molar-refractivity contribution < 1.29 is 9.90 Å². The van der Waals surface area contributed by atoms with Crippen LogP contribution in [0.25, 0.3) is 0 Å². The van der Waals surface area contributed by atoms with Crippen molar-refractivity contribution in [2.24, 2.45) is 5.92 Å². The van der Waals surface area contributed by atoms with Crippen molar-refractivity contribution in [3.8, 4) is 0 Å². The zero-order valence-electron chi connectivity index (χ0n) is 12.4. The predicted molar refractivity (Wildman–Crippen MR) is 84.1 cm³/mol. The molecular formula is C18H21NO2. The minimum atomic E-state index is -0.783. The van der Waals surface area contributed by atoms with Gasteiger partial charge in [0.2, 0.25) is 0 Å². The molecule has 2 aromatic rings. The van der Waals surface area contributed by atoms with Crippen LogP contribution in [0.3, 0.4) is 0 Å². The summed E-state index contributed by atoms with van der Waals surface area (Å²) in [6.45, 7) is 3.64. The minimum Gasteiger partial charge on any atom is -0.481 e. The van der Waals surface area contributed by atoms with Gasteiger partial charge < -0.3 is 10.4 Å². The van der Waals surface area contributed by atoms with Crippen LogP contribution >= 0.6 is 0 Å². The second-order valence-corrected chi connectivity index (χ2v) is 5.34. The molecule has 0 saturated carbocycles. The largest absolute Gasteiger partial charge is 0.481 e. The predicted octanol–water partition coefficient (Wildman–Crippen LogP) is 3.47. The molecule has 0 aliphatic heterocycles. The van der Waals surface area contributed by atoms with Gasteiger partial charge in [-0.05, 0) is 18.1 Å². The normalized spacial score (nSPS) is 13.9. The van der Waals surface area contributed by atoms with Crippen LogP contribution in [0.15, 0.2) is 60.7 Å². The second kappa shape index (κ2) is 7.04. The molecule has 3 nitrogen and oxygen atoms in total. The Morgan fingerprint density at radius 2 is 1.33 bits per heavy atom. The van der Waals surface area contributed by atoms with Crippen LogP contribution in [0.2, 0.25) is 0 Å². The molecule has 0 aliphatic rings. The Morgan fingerprint density at radius 3 is 1.71 bits per heavy atom. The molecule has 2 N–H and O–H groups in total. The highest BCUT2D eigenvalue weighted by molar-refractivity contribution is 5.70. The smallest absolute Gasteiger partial charge is 0.307 e. The van der Waals surface area contributed by atoms with Gasteiger partial charge in [0.05, 0.1) is 12.0 Å². The topological polar surface area (TPSA) is 49.3 Å². The number of hydrogen-bond donors (Lipinski definition) is 2. The van der Waals surface area contributed by atoms with Crippen molar-refractivity contribution in [1.82, 2.24) is 5.32 Å². The van der Waals surface area contributed by atoms with Crippen LogP contribution < -0.4 is 5.32 Å². The minimum absolute atomic E-state index is 0.0100. The van der Waals surface area contributed by atoms with Gasteiger partial charge >= 0.3 is 5.97 Å². The third-order valence-corrected chi connectivity index (χ3v) is 3.83. The standard InChI is InChI=1S/C18H21NO2/c1-13(18(20)21)14(2)19-17(15-9-5-3-6-10-15)16-11-7-4-8-12-16/h3-14,17,19H,1-2H3,(H,20,21). The van der Waals surface area contributed by atoms with Crippen LogP contribution in [-0.2, 0) is 4.79 Å². The lowest BCUT2D eigenvalue weighted by Gasteiger charge is -2.26. The Balaban J connectivity index is 2.27. The van der Waals surface area contributed by atoms with E-state index < -0.39 is 11.9 Å². The van der Waals surface area contributed by atoms with E-state index in [2.05, 4.69) is 29.6 Å². The van der Waals surface area contributed by atoms with Crippen molar-refractivity contribution >= 4 is 5.97 Å². The van der Waals surface area contributed by atoms with E-state index in [0.717, 1.165) is 11.1 Å². The Kier molecular flexibility index (Phi) is 5.12. The van der Waals surface area contributed by atoms with E-state index in [9.17, 15) is 4.79 Å². The second-order valence-electron chi connectivity index (χ2n) is 5.34. The third-order valence-electron chi connectivity index (χ3n) is 3.83. The SMILES string of the molecule is CC(NC(c1ccccc1)c1ccccc1)C(C)C(=O)O. The van der Waals surface area contributed by atoms with Gasteiger partial charge in [-0.2, -0.15) is 0 Å². The lowest BCUT2D eigenvalue weighted by Crippen LogP contribution is -2.39. The molecule has 0 fully saturated rings. The number of carbonyl (C=O) groups is 1. The van der Waals surface area contributed by atoms with Gasteiger partial charge in [0.15, 0.2) is 0 Å². The molecule has 0 amide bonds. The number of carboxylic acids is 1. The summed E-state index contributed by atoms with van der Waals surface area (Å²) in [5.74, 6) is -1.23. The van der Waals surface area contributed by atoms with Crippen molar-refractivity contribution in [2.75, 3.05) is 0 Å². The molecule has 2 rings (SSSR count). The molecule has 0 heterocycles. The average Bonchev–Trinajstić information content (AvgIpc) is 2.53. The molecule has 110 valence electrons. The number of hydrogen-bond acceptors (Lipinski definition) is 2. The first-order chi connectivity index (χ1) is 10.1. The first kappa shape index (κ1) is 15.3. The van der Waals surface area contributed by atoms with E-state index in [4.69, 9.17) is 5.11 Å². The van der Waals surface area contributed by atoms with Gasteiger partial charge in [0.25, 0.3) is 0 Å². The summed E-state index contributed by atoms with van der Waals surface area (Å²) in [5.41, 5.74) is 2.27. The fraction of sp³-hybridized carbons (Fsp3) is 0.278.